The van der Waals surface area contributed by atoms with Gasteiger partial charge in [0.05, 0.1) is 16.1 Å². The summed E-state index contributed by atoms with van der Waals surface area (Å²) < 4.78 is 0. The lowest BCUT2D eigenvalue weighted by atomic mass is 10.1. The molecule has 0 spiro atoms. The standard InChI is InChI=1S/C14H18N2O3S2/c1-8(2)13-16(11(7-21-13)14(18)19)12(17)5-4-10-6-20-9(3)15-10/h4-6,8,11,13H,7H2,1-3H3,(H,18,19). The number of rotatable bonds is 4. The number of thioether (sulfide) groups is 1. The van der Waals surface area contributed by atoms with Crippen LogP contribution in [0.2, 0.25) is 0 Å². The third-order valence-electron chi connectivity index (χ3n) is 3.18. The van der Waals surface area contributed by atoms with Gasteiger partial charge in [-0.05, 0) is 18.9 Å². The lowest BCUT2D eigenvalue weighted by Crippen LogP contribution is -2.46. The van der Waals surface area contributed by atoms with E-state index in [-0.39, 0.29) is 17.2 Å². The molecule has 1 aromatic heterocycles. The Bertz CT molecular complexity index is 568. The van der Waals surface area contributed by atoms with Crippen LogP contribution in [-0.2, 0) is 9.59 Å². The Kier molecular flexibility index (Phi) is 5.05. The van der Waals surface area contributed by atoms with E-state index in [2.05, 4.69) is 4.98 Å². The van der Waals surface area contributed by atoms with E-state index in [1.54, 1.807) is 6.08 Å². The fourth-order valence-corrected chi connectivity index (χ4v) is 4.27. The fourth-order valence-electron chi connectivity index (χ4n) is 2.21. The predicted molar refractivity (Wildman–Crippen MR) is 85.2 cm³/mol. The van der Waals surface area contributed by atoms with Gasteiger partial charge < -0.3 is 10.0 Å². The number of amides is 1. The lowest BCUT2D eigenvalue weighted by Gasteiger charge is -2.28. The molecule has 5 nitrogen and oxygen atoms in total. The van der Waals surface area contributed by atoms with Crippen molar-refractivity contribution >= 4 is 41.1 Å². The molecule has 114 valence electrons. The summed E-state index contributed by atoms with van der Waals surface area (Å²) in [6.45, 7) is 5.89. The maximum atomic E-state index is 12.4. The van der Waals surface area contributed by atoms with E-state index in [0.29, 0.717) is 5.75 Å². The van der Waals surface area contributed by atoms with E-state index in [1.165, 1.54) is 34.1 Å². The SMILES string of the molecule is Cc1nc(C=CC(=O)N2C(C(=O)O)CSC2C(C)C)cs1. The Morgan fingerprint density at radius 3 is 2.76 bits per heavy atom. The number of carboxylic acid groups (broad SMARTS) is 1. The topological polar surface area (TPSA) is 70.5 Å². The number of carboxylic acids is 1. The number of hydrogen-bond acceptors (Lipinski definition) is 5. The highest BCUT2D eigenvalue weighted by Gasteiger charge is 2.41. The first-order chi connectivity index (χ1) is 9.90. The summed E-state index contributed by atoms with van der Waals surface area (Å²) in [7, 11) is 0. The highest BCUT2D eigenvalue weighted by atomic mass is 32.2. The highest BCUT2D eigenvalue weighted by Crippen LogP contribution is 2.34. The second-order valence-electron chi connectivity index (χ2n) is 5.19. The average Bonchev–Trinajstić information content (AvgIpc) is 3.01. The number of hydrogen-bond donors (Lipinski definition) is 1. The van der Waals surface area contributed by atoms with Crippen LogP contribution in [0.15, 0.2) is 11.5 Å². The summed E-state index contributed by atoms with van der Waals surface area (Å²) >= 11 is 3.04. The van der Waals surface area contributed by atoms with Gasteiger partial charge in [0.2, 0.25) is 5.91 Å². The molecule has 0 bridgehead atoms. The van der Waals surface area contributed by atoms with Gasteiger partial charge in [0.25, 0.3) is 0 Å². The van der Waals surface area contributed by atoms with Crippen molar-refractivity contribution in [2.75, 3.05) is 5.75 Å². The van der Waals surface area contributed by atoms with Crippen LogP contribution in [0.3, 0.4) is 0 Å². The normalized spacial score (nSPS) is 22.4. The average molecular weight is 326 g/mol. The number of nitrogens with zero attached hydrogens (tertiary/aromatic N) is 2. The van der Waals surface area contributed by atoms with Crippen LogP contribution in [0, 0.1) is 12.8 Å². The third kappa shape index (κ3) is 3.65. The summed E-state index contributed by atoms with van der Waals surface area (Å²) in [6, 6.07) is -0.753. The van der Waals surface area contributed by atoms with Crippen molar-refractivity contribution in [3.8, 4) is 0 Å². The number of aliphatic carboxylic acids is 1. The van der Waals surface area contributed by atoms with Crippen molar-refractivity contribution in [2.24, 2.45) is 5.92 Å². The third-order valence-corrected chi connectivity index (χ3v) is 5.59. The molecule has 2 heterocycles. The number of aromatic nitrogens is 1. The first kappa shape index (κ1) is 16.0. The van der Waals surface area contributed by atoms with Crippen molar-refractivity contribution in [1.82, 2.24) is 9.88 Å². The Morgan fingerprint density at radius 2 is 2.24 bits per heavy atom. The number of carbonyl (C=O) groups is 2. The summed E-state index contributed by atoms with van der Waals surface area (Å²) in [5.41, 5.74) is 0.727. The highest BCUT2D eigenvalue weighted by molar-refractivity contribution is 8.00. The monoisotopic (exact) mass is 326 g/mol. The fraction of sp³-hybridized carbons (Fsp3) is 0.500. The molecule has 1 aromatic rings. The molecular weight excluding hydrogens is 308 g/mol. The van der Waals surface area contributed by atoms with Gasteiger partial charge in [-0.1, -0.05) is 13.8 Å². The molecule has 21 heavy (non-hydrogen) atoms. The summed E-state index contributed by atoms with van der Waals surface area (Å²) in [5, 5.41) is 12.0. The molecule has 1 fully saturated rings. The van der Waals surface area contributed by atoms with Crippen molar-refractivity contribution < 1.29 is 14.7 Å². The molecule has 0 aliphatic carbocycles. The van der Waals surface area contributed by atoms with Crippen molar-refractivity contribution in [3.05, 3.63) is 22.2 Å². The summed E-state index contributed by atoms with van der Waals surface area (Å²) in [6.07, 6.45) is 3.07. The maximum absolute atomic E-state index is 12.4. The van der Waals surface area contributed by atoms with E-state index in [9.17, 15) is 14.7 Å². The van der Waals surface area contributed by atoms with E-state index in [0.717, 1.165) is 10.7 Å². The van der Waals surface area contributed by atoms with Crippen LogP contribution in [0.1, 0.15) is 24.5 Å². The summed E-state index contributed by atoms with van der Waals surface area (Å²) in [4.78, 5) is 29.4. The van der Waals surface area contributed by atoms with E-state index >= 15 is 0 Å². The molecule has 1 N–H and O–H groups in total. The van der Waals surface area contributed by atoms with Gasteiger partial charge in [0.15, 0.2) is 0 Å². The molecule has 7 heteroatoms. The molecule has 2 rings (SSSR count). The van der Waals surface area contributed by atoms with Crippen molar-refractivity contribution in [2.45, 2.75) is 32.2 Å². The molecule has 1 saturated heterocycles. The van der Waals surface area contributed by atoms with Crippen LogP contribution >= 0.6 is 23.1 Å². The minimum atomic E-state index is -0.947. The van der Waals surface area contributed by atoms with Crippen LogP contribution in [0.5, 0.6) is 0 Å². The molecule has 0 aromatic carbocycles. The predicted octanol–water partition coefficient (Wildman–Crippen LogP) is 2.48. The molecule has 1 aliphatic rings. The number of thiazole rings is 1. The lowest BCUT2D eigenvalue weighted by molar-refractivity contribution is -0.147. The van der Waals surface area contributed by atoms with Gasteiger partial charge in [-0.2, -0.15) is 0 Å². The van der Waals surface area contributed by atoms with Gasteiger partial charge in [-0.25, -0.2) is 9.78 Å². The van der Waals surface area contributed by atoms with E-state index in [4.69, 9.17) is 0 Å². The minimum Gasteiger partial charge on any atom is -0.480 e. The second kappa shape index (κ2) is 6.62. The molecular formula is C14H18N2O3S2. The van der Waals surface area contributed by atoms with Gasteiger partial charge in [-0.3, -0.25) is 4.79 Å². The Balaban J connectivity index is 2.17. The van der Waals surface area contributed by atoms with Gasteiger partial charge >= 0.3 is 5.97 Å². The van der Waals surface area contributed by atoms with Crippen molar-refractivity contribution in [3.63, 3.8) is 0 Å². The second-order valence-corrected chi connectivity index (χ2v) is 7.40. The van der Waals surface area contributed by atoms with Crippen LogP contribution in [0.25, 0.3) is 6.08 Å². The van der Waals surface area contributed by atoms with Gasteiger partial charge in [-0.15, -0.1) is 23.1 Å². The Hall–Kier alpha value is -1.34. The van der Waals surface area contributed by atoms with Crippen LogP contribution in [-0.4, -0.2) is 44.0 Å². The number of aryl methyl sites for hydroxylation is 1. The Labute approximate surface area is 132 Å². The minimum absolute atomic E-state index is 0.0968. The van der Waals surface area contributed by atoms with Gasteiger partial charge in [0, 0.05) is 17.2 Å². The summed E-state index contributed by atoms with van der Waals surface area (Å²) in [5.74, 6) is -0.569. The zero-order valence-corrected chi connectivity index (χ0v) is 13.8. The first-order valence-corrected chi connectivity index (χ1v) is 8.60. The number of carbonyl (C=O) groups excluding carboxylic acids is 1. The van der Waals surface area contributed by atoms with E-state index < -0.39 is 12.0 Å². The van der Waals surface area contributed by atoms with Gasteiger partial charge in [0.1, 0.15) is 6.04 Å². The zero-order chi connectivity index (χ0) is 15.6. The molecule has 1 aliphatic heterocycles. The van der Waals surface area contributed by atoms with E-state index in [1.807, 2.05) is 26.2 Å². The quantitative estimate of drug-likeness (QED) is 0.861. The Morgan fingerprint density at radius 1 is 1.52 bits per heavy atom. The van der Waals surface area contributed by atoms with Crippen LogP contribution in [0.4, 0.5) is 0 Å². The van der Waals surface area contributed by atoms with Crippen LogP contribution < -0.4 is 0 Å². The molecule has 0 saturated carbocycles. The van der Waals surface area contributed by atoms with Crippen molar-refractivity contribution in [1.29, 1.82) is 0 Å². The molecule has 2 unspecified atom stereocenters. The maximum Gasteiger partial charge on any atom is 0.327 e. The first-order valence-electron chi connectivity index (χ1n) is 6.67. The smallest absolute Gasteiger partial charge is 0.327 e. The molecule has 1 amide bonds. The molecule has 2 atom stereocenters. The zero-order valence-electron chi connectivity index (χ0n) is 12.1. The largest absolute Gasteiger partial charge is 0.480 e. The molecule has 0 radical (unpaired) electrons.